The lowest BCUT2D eigenvalue weighted by Gasteiger charge is -2.40. The maximum Gasteiger partial charge on any atom is 0.255 e. The van der Waals surface area contributed by atoms with Crippen molar-refractivity contribution < 1.29 is 23.6 Å². The molecule has 4 saturated heterocycles. The highest BCUT2D eigenvalue weighted by Crippen LogP contribution is 2.46. The predicted octanol–water partition coefficient (Wildman–Crippen LogP) is 6.50. The molecular formula is C44H47ClFN7O4. The monoisotopic (exact) mass is 791 g/mol. The van der Waals surface area contributed by atoms with Crippen molar-refractivity contribution in [2.24, 2.45) is 5.41 Å². The van der Waals surface area contributed by atoms with Gasteiger partial charge in [0.2, 0.25) is 17.5 Å². The van der Waals surface area contributed by atoms with Crippen LogP contribution >= 0.6 is 11.6 Å². The topological polar surface area (TPSA) is 101 Å². The second-order valence-corrected chi connectivity index (χ2v) is 17.6. The Bertz CT molecular complexity index is 2190. The van der Waals surface area contributed by atoms with Crippen molar-refractivity contribution in [3.63, 3.8) is 0 Å². The molecule has 2 atom stereocenters. The number of likely N-dealkylation sites (tertiary alicyclic amines) is 1. The number of amides is 4. The van der Waals surface area contributed by atoms with Gasteiger partial charge < -0.3 is 19.6 Å². The number of alkyl halides is 1. The van der Waals surface area contributed by atoms with Crippen LogP contribution in [0.3, 0.4) is 0 Å². The number of carbonyl (C=O) groups is 4. The van der Waals surface area contributed by atoms with E-state index in [9.17, 15) is 19.2 Å². The first-order valence-corrected chi connectivity index (χ1v) is 20.6. The Labute approximate surface area is 337 Å². The average Bonchev–Trinajstić information content (AvgIpc) is 3.85. The molecule has 0 bridgehead atoms. The van der Waals surface area contributed by atoms with Gasteiger partial charge >= 0.3 is 0 Å². The smallest absolute Gasteiger partial charge is 0.255 e. The number of nitrogens with one attached hydrogen (secondary N) is 1. The third-order valence-corrected chi connectivity index (χ3v) is 13.8. The molecule has 1 unspecified atom stereocenters. The third kappa shape index (κ3) is 7.03. The number of hydrogen-bond donors (Lipinski definition) is 1. The lowest BCUT2D eigenvalue weighted by Crippen LogP contribution is -2.52. The van der Waals surface area contributed by atoms with E-state index >= 15 is 4.39 Å². The normalized spacial score (nSPS) is 24.1. The molecule has 6 heterocycles. The number of piperidine rings is 3. The number of rotatable bonds is 6. The zero-order chi connectivity index (χ0) is 39.6. The number of fused-ring (bicyclic) bond motifs is 2. The van der Waals surface area contributed by atoms with Crippen molar-refractivity contribution in [3.8, 4) is 0 Å². The fraction of sp³-hybridized carbons (Fsp3) is 0.477. The SMILES string of the molecule is [C-]#[N+]c1ccc(N2CC3(CCN(c4ccc(C(=O)N5CCC(F)(CN6Cc7cc8c(cc7C6)C(=O)N(C6CCC(=O)NC6=O)C8)CC5)cc4)CC3)C[C@@H]2C)cc1Cl. The standard InChI is InChI=1S/C44H47ClFN7O4/c1-28-22-43(26-53(28)34-7-8-37(47-2)36(45)21-34)11-15-50(16-12-43)33-5-3-29(4-6-33)41(56)51-17-13-44(46,14-18-51)27-49-23-30-19-32-25-52(38-9-10-39(54)48-40(38)55)42(57)35(32)20-31(30)24-49/h3-8,19-21,28,38H,9-18,22-27H2,1H3,(H,48,54,55)/t28-,38?/m0/s1. The minimum Gasteiger partial charge on any atom is -0.371 e. The summed E-state index contributed by atoms with van der Waals surface area (Å²) in [6, 6.07) is 17.3. The molecule has 9 rings (SSSR count). The maximum atomic E-state index is 16.3. The molecule has 0 aromatic heterocycles. The van der Waals surface area contributed by atoms with Crippen LogP contribution in [0, 0.1) is 12.0 Å². The molecule has 0 saturated carbocycles. The molecule has 6 aliphatic rings. The van der Waals surface area contributed by atoms with E-state index in [0.29, 0.717) is 67.0 Å². The Morgan fingerprint density at radius 1 is 0.895 bits per heavy atom. The third-order valence-electron chi connectivity index (χ3n) is 13.5. The van der Waals surface area contributed by atoms with Gasteiger partial charge in [-0.3, -0.25) is 29.4 Å². The van der Waals surface area contributed by atoms with Crippen molar-refractivity contribution in [1.29, 1.82) is 0 Å². The van der Waals surface area contributed by atoms with Gasteiger partial charge in [0, 0.05) is 112 Å². The van der Waals surface area contributed by atoms with Crippen LogP contribution in [0.15, 0.2) is 54.6 Å². The Morgan fingerprint density at radius 2 is 1.60 bits per heavy atom. The van der Waals surface area contributed by atoms with E-state index in [1.54, 1.807) is 9.80 Å². The predicted molar refractivity (Wildman–Crippen MR) is 215 cm³/mol. The Kier molecular flexibility index (Phi) is 9.52. The van der Waals surface area contributed by atoms with E-state index in [-0.39, 0.29) is 48.9 Å². The van der Waals surface area contributed by atoms with E-state index in [1.165, 1.54) is 0 Å². The molecule has 1 spiro atoms. The molecule has 11 nitrogen and oxygen atoms in total. The molecule has 6 aliphatic heterocycles. The van der Waals surface area contributed by atoms with Gasteiger partial charge in [0.25, 0.3) is 11.8 Å². The Morgan fingerprint density at radius 3 is 2.28 bits per heavy atom. The summed E-state index contributed by atoms with van der Waals surface area (Å²) in [7, 11) is 0. The van der Waals surface area contributed by atoms with Gasteiger partial charge in [0.05, 0.1) is 6.57 Å². The largest absolute Gasteiger partial charge is 0.371 e. The summed E-state index contributed by atoms with van der Waals surface area (Å²) in [5, 5.41) is 2.85. The molecule has 0 aliphatic carbocycles. The maximum absolute atomic E-state index is 16.3. The minimum atomic E-state index is -1.42. The zero-order valence-electron chi connectivity index (χ0n) is 32.2. The van der Waals surface area contributed by atoms with E-state index < -0.39 is 17.6 Å². The number of anilines is 2. The van der Waals surface area contributed by atoms with E-state index in [0.717, 1.165) is 67.0 Å². The van der Waals surface area contributed by atoms with E-state index in [2.05, 4.69) is 31.8 Å². The van der Waals surface area contributed by atoms with Crippen LogP contribution in [0.25, 0.3) is 4.85 Å². The second-order valence-electron chi connectivity index (χ2n) is 17.2. The van der Waals surface area contributed by atoms with E-state index in [4.69, 9.17) is 18.2 Å². The van der Waals surface area contributed by atoms with Gasteiger partial charge in [-0.25, -0.2) is 9.24 Å². The lowest BCUT2D eigenvalue weighted by atomic mass is 9.76. The van der Waals surface area contributed by atoms with Crippen LogP contribution < -0.4 is 15.1 Å². The van der Waals surface area contributed by atoms with Crippen molar-refractivity contribution in [1.82, 2.24) is 20.0 Å². The molecule has 13 heteroatoms. The number of nitrogens with zero attached hydrogens (tertiary/aromatic N) is 6. The van der Waals surface area contributed by atoms with E-state index in [1.807, 2.05) is 54.6 Å². The molecule has 4 fully saturated rings. The highest BCUT2D eigenvalue weighted by atomic mass is 35.5. The summed E-state index contributed by atoms with van der Waals surface area (Å²) in [6.07, 6.45) is 4.36. The van der Waals surface area contributed by atoms with Crippen LogP contribution in [0.4, 0.5) is 21.5 Å². The fourth-order valence-corrected chi connectivity index (χ4v) is 10.6. The first-order chi connectivity index (χ1) is 27.4. The summed E-state index contributed by atoms with van der Waals surface area (Å²) in [5.41, 5.74) is 5.63. The van der Waals surface area contributed by atoms with Crippen LogP contribution in [-0.2, 0) is 29.2 Å². The molecule has 296 valence electrons. The van der Waals surface area contributed by atoms with Crippen LogP contribution in [0.5, 0.6) is 0 Å². The van der Waals surface area contributed by atoms with Crippen molar-refractivity contribution in [2.45, 2.75) is 89.3 Å². The summed E-state index contributed by atoms with van der Waals surface area (Å²) >= 11 is 6.38. The van der Waals surface area contributed by atoms with Crippen LogP contribution in [-0.4, -0.2) is 95.3 Å². The number of halogens is 2. The number of imide groups is 1. The zero-order valence-corrected chi connectivity index (χ0v) is 33.0. The highest BCUT2D eigenvalue weighted by molar-refractivity contribution is 6.33. The Balaban J connectivity index is 0.751. The number of carbonyl (C=O) groups excluding carboxylic acids is 4. The molecule has 3 aromatic carbocycles. The van der Waals surface area contributed by atoms with Crippen LogP contribution in [0.2, 0.25) is 5.02 Å². The first kappa shape index (κ1) is 37.6. The molecule has 0 radical (unpaired) electrons. The average molecular weight is 792 g/mol. The van der Waals surface area contributed by atoms with Crippen molar-refractivity contribution in [2.75, 3.05) is 49.1 Å². The molecule has 4 amide bonds. The second kappa shape index (κ2) is 14.4. The summed E-state index contributed by atoms with van der Waals surface area (Å²) < 4.78 is 16.3. The van der Waals surface area contributed by atoms with Gasteiger partial charge in [-0.1, -0.05) is 23.7 Å². The molecule has 57 heavy (non-hydrogen) atoms. The highest BCUT2D eigenvalue weighted by Gasteiger charge is 2.45. The fourth-order valence-electron chi connectivity index (χ4n) is 10.4. The van der Waals surface area contributed by atoms with Gasteiger partial charge in [-0.15, -0.1) is 0 Å². The van der Waals surface area contributed by atoms with Crippen molar-refractivity contribution in [3.05, 3.63) is 98.9 Å². The van der Waals surface area contributed by atoms with Gasteiger partial charge in [-0.2, -0.15) is 0 Å². The quantitative estimate of drug-likeness (QED) is 0.225. The van der Waals surface area contributed by atoms with Gasteiger partial charge in [0.1, 0.15) is 11.7 Å². The molecule has 3 aromatic rings. The van der Waals surface area contributed by atoms with Gasteiger partial charge in [0.15, 0.2) is 0 Å². The lowest BCUT2D eigenvalue weighted by molar-refractivity contribution is -0.136. The number of benzene rings is 3. The summed E-state index contributed by atoms with van der Waals surface area (Å²) in [6.45, 7) is 14.9. The Hall–Kier alpha value is -4.99. The minimum absolute atomic E-state index is 0.0649. The van der Waals surface area contributed by atoms with Crippen LogP contribution in [0.1, 0.15) is 89.3 Å². The number of hydrogen-bond acceptors (Lipinski definition) is 7. The van der Waals surface area contributed by atoms with Gasteiger partial charge in [-0.05, 0) is 97.2 Å². The summed E-state index contributed by atoms with van der Waals surface area (Å²) in [5.74, 6) is -0.995. The molecule has 1 N–H and O–H groups in total. The van der Waals surface area contributed by atoms with Crippen molar-refractivity contribution >= 4 is 52.3 Å². The molecular weight excluding hydrogens is 745 g/mol. The first-order valence-electron chi connectivity index (χ1n) is 20.2. The summed E-state index contributed by atoms with van der Waals surface area (Å²) in [4.78, 5) is 64.7.